The summed E-state index contributed by atoms with van der Waals surface area (Å²) in [6, 6.07) is 0. The summed E-state index contributed by atoms with van der Waals surface area (Å²) < 4.78 is 0. The maximum absolute atomic E-state index is 2.45. The van der Waals surface area contributed by atoms with Crippen LogP contribution < -0.4 is 0 Å². The van der Waals surface area contributed by atoms with Crippen LogP contribution in [-0.2, 0) is 98.1 Å². The topological polar surface area (TPSA) is 0 Å². The summed E-state index contributed by atoms with van der Waals surface area (Å²) in [5, 5.41) is 0.878. The van der Waals surface area contributed by atoms with E-state index in [0.717, 1.165) is 5.25 Å². The minimum atomic E-state index is 0. The van der Waals surface area contributed by atoms with E-state index < -0.39 is 0 Å². The monoisotopic (exact) mass is 396 g/mol. The fourth-order valence-electron chi connectivity index (χ4n) is 1.13. The molecule has 0 aromatic rings. The molecule has 0 saturated heterocycles. The number of thioether (sulfide) groups is 1. The first kappa shape index (κ1) is 20.1. The minimum absolute atomic E-state index is 0. The van der Waals surface area contributed by atoms with Crippen molar-refractivity contribution in [2.24, 2.45) is 0 Å². The van der Waals surface area contributed by atoms with Crippen LogP contribution in [0.3, 0.4) is 0 Å². The molecule has 0 aromatic heterocycles. The summed E-state index contributed by atoms with van der Waals surface area (Å²) >= 11 is 1.99. The Bertz CT molecular complexity index is 64.7. The van der Waals surface area contributed by atoms with Gasteiger partial charge in [-0.25, -0.2) is 0 Å². The smallest absolute Gasteiger partial charge is 0 e. The zero-order valence-corrected chi connectivity index (χ0v) is 16.5. The molecule has 1 aliphatic rings. The maximum atomic E-state index is 2.45. The molecule has 3 radical (unpaired) electrons. The van der Waals surface area contributed by atoms with E-state index in [9.17, 15) is 0 Å². The third-order valence-corrected chi connectivity index (χ3v) is 2.71. The van der Waals surface area contributed by atoms with E-state index in [-0.39, 0.29) is 98.1 Å². The van der Waals surface area contributed by atoms with E-state index in [1.165, 1.54) is 25.7 Å². The average Bonchev–Trinajstić information content (AvgIpc) is 1.90. The van der Waals surface area contributed by atoms with Gasteiger partial charge in [-0.15, -0.1) is 5.25 Å². The normalized spacial score (nSPS) is 22.1. The van der Waals surface area contributed by atoms with Crippen LogP contribution in [0, 0.1) is 6.42 Å². The van der Waals surface area contributed by atoms with Crippen LogP contribution in [0.2, 0.25) is 0 Å². The van der Waals surface area contributed by atoms with Crippen LogP contribution in [0.5, 0.6) is 0 Å². The molecular formula is C7H13SY3-. The first-order valence-corrected chi connectivity index (χ1v) is 4.58. The van der Waals surface area contributed by atoms with Gasteiger partial charge >= 0.3 is 0 Å². The van der Waals surface area contributed by atoms with Crippen molar-refractivity contribution in [2.45, 2.75) is 30.9 Å². The first-order valence-electron chi connectivity index (χ1n) is 3.29. The quantitative estimate of drug-likeness (QED) is 0.615. The van der Waals surface area contributed by atoms with E-state index in [1.54, 1.807) is 0 Å². The Kier molecular flexibility index (Phi) is 25.0. The molecule has 1 saturated carbocycles. The summed E-state index contributed by atoms with van der Waals surface area (Å²) in [5.41, 5.74) is 0. The maximum Gasteiger partial charge on any atom is 0 e. The van der Waals surface area contributed by atoms with Gasteiger partial charge in [0.05, 0.1) is 0 Å². The van der Waals surface area contributed by atoms with Crippen LogP contribution in [0.4, 0.5) is 0 Å². The van der Waals surface area contributed by atoms with E-state index in [4.69, 9.17) is 0 Å². The van der Waals surface area contributed by atoms with Crippen LogP contribution in [0.1, 0.15) is 25.7 Å². The second-order valence-corrected chi connectivity index (χ2v) is 3.37. The van der Waals surface area contributed by atoms with Gasteiger partial charge in [0.2, 0.25) is 0 Å². The largest absolute Gasteiger partial charge is 0.316 e. The first-order chi connectivity index (χ1) is 3.93. The van der Waals surface area contributed by atoms with Crippen molar-refractivity contribution in [3.05, 3.63) is 6.42 Å². The van der Waals surface area contributed by atoms with Gasteiger partial charge in [-0.3, -0.25) is 0 Å². The van der Waals surface area contributed by atoms with E-state index in [2.05, 4.69) is 12.7 Å². The molecule has 1 unspecified atom stereocenters. The van der Waals surface area contributed by atoms with Crippen molar-refractivity contribution in [2.75, 3.05) is 6.26 Å². The molecular weight excluding hydrogens is 383 g/mol. The van der Waals surface area contributed by atoms with Crippen molar-refractivity contribution < 1.29 is 98.1 Å². The molecule has 0 aliphatic heterocycles. The minimum Gasteiger partial charge on any atom is -0.316 e. The third-order valence-electron chi connectivity index (χ3n) is 1.68. The summed E-state index contributed by atoms with van der Waals surface area (Å²) in [7, 11) is 0. The SMILES string of the molecule is CSC1[CH-]CCCC1.[Y].[Y].[Y]. The molecule has 1 aliphatic carbocycles. The molecule has 0 N–H and O–H groups in total. The Balaban J connectivity index is -0.000000213. The molecule has 57 valence electrons. The fourth-order valence-corrected chi connectivity index (χ4v) is 1.86. The van der Waals surface area contributed by atoms with Crippen molar-refractivity contribution in [3.63, 3.8) is 0 Å². The van der Waals surface area contributed by atoms with Crippen molar-refractivity contribution >= 4 is 11.8 Å². The number of hydrogen-bond donors (Lipinski definition) is 0. The van der Waals surface area contributed by atoms with Crippen molar-refractivity contribution in [1.29, 1.82) is 0 Å². The fraction of sp³-hybridized carbons (Fsp3) is 0.857. The Morgan fingerprint density at radius 3 is 2.09 bits per heavy atom. The number of rotatable bonds is 1. The zero-order valence-electron chi connectivity index (χ0n) is 7.12. The standard InChI is InChI=1S/C7H13S.3Y/c1-8-7-5-3-2-4-6-7;;;/h5,7H,2-4,6H2,1H3;;;/q-1;;;. The second kappa shape index (κ2) is 13.7. The molecule has 1 fully saturated rings. The van der Waals surface area contributed by atoms with Gasteiger partial charge in [-0.1, -0.05) is 19.3 Å². The molecule has 0 heterocycles. The molecule has 1 rings (SSSR count). The van der Waals surface area contributed by atoms with Gasteiger partial charge in [0.15, 0.2) is 0 Å². The summed E-state index contributed by atoms with van der Waals surface area (Å²) in [4.78, 5) is 0. The Morgan fingerprint density at radius 2 is 1.82 bits per heavy atom. The summed E-state index contributed by atoms with van der Waals surface area (Å²) in [6.45, 7) is 0. The molecule has 1 atom stereocenters. The summed E-state index contributed by atoms with van der Waals surface area (Å²) in [5.74, 6) is 0. The van der Waals surface area contributed by atoms with Crippen molar-refractivity contribution in [3.8, 4) is 0 Å². The van der Waals surface area contributed by atoms with Crippen LogP contribution in [-0.4, -0.2) is 11.5 Å². The summed E-state index contributed by atoms with van der Waals surface area (Å²) in [6.07, 6.45) is 10.3. The predicted molar refractivity (Wildman–Crippen MR) is 40.1 cm³/mol. The molecule has 0 aromatic carbocycles. The van der Waals surface area contributed by atoms with E-state index in [1.807, 2.05) is 11.8 Å². The van der Waals surface area contributed by atoms with E-state index in [0.29, 0.717) is 0 Å². The van der Waals surface area contributed by atoms with Crippen LogP contribution in [0.25, 0.3) is 0 Å². The van der Waals surface area contributed by atoms with Crippen LogP contribution in [0.15, 0.2) is 0 Å². The van der Waals surface area contributed by atoms with Gasteiger partial charge in [0, 0.05) is 98.1 Å². The molecule has 0 amide bonds. The molecule has 0 spiro atoms. The second-order valence-electron chi connectivity index (χ2n) is 2.29. The molecule has 4 heteroatoms. The van der Waals surface area contributed by atoms with Gasteiger partial charge in [-0.2, -0.15) is 18.2 Å². The van der Waals surface area contributed by atoms with Gasteiger partial charge in [-0.05, 0) is 6.26 Å². The molecule has 0 nitrogen and oxygen atoms in total. The van der Waals surface area contributed by atoms with E-state index >= 15 is 0 Å². The third kappa shape index (κ3) is 9.95. The Labute approximate surface area is 150 Å². The van der Waals surface area contributed by atoms with Crippen LogP contribution >= 0.6 is 11.8 Å². The predicted octanol–water partition coefficient (Wildman–Crippen LogP) is 2.49. The Hall–Kier alpha value is 3.66. The Morgan fingerprint density at radius 1 is 1.18 bits per heavy atom. The van der Waals surface area contributed by atoms with Crippen molar-refractivity contribution in [1.82, 2.24) is 0 Å². The van der Waals surface area contributed by atoms with Gasteiger partial charge in [0.1, 0.15) is 0 Å². The average molecular weight is 396 g/mol. The molecule has 0 bridgehead atoms. The number of hydrogen-bond acceptors (Lipinski definition) is 1. The molecule has 11 heavy (non-hydrogen) atoms. The zero-order chi connectivity index (χ0) is 5.82. The van der Waals surface area contributed by atoms with Gasteiger partial charge in [0.25, 0.3) is 0 Å². The van der Waals surface area contributed by atoms with Gasteiger partial charge < -0.3 is 6.42 Å².